The van der Waals surface area contributed by atoms with Gasteiger partial charge in [-0.2, -0.15) is 0 Å². The van der Waals surface area contributed by atoms with E-state index in [1.165, 1.54) is 19.1 Å². The lowest BCUT2D eigenvalue weighted by Gasteiger charge is -2.34. The highest BCUT2D eigenvalue weighted by atomic mass is 127. The molecule has 1 aliphatic rings. The van der Waals surface area contributed by atoms with Gasteiger partial charge in [-0.1, -0.05) is 34.2 Å². The first-order valence-electron chi connectivity index (χ1n) is 10.9. The van der Waals surface area contributed by atoms with E-state index in [4.69, 9.17) is 25.8 Å². The van der Waals surface area contributed by atoms with Gasteiger partial charge in [0.1, 0.15) is 22.1 Å². The number of carbonyl (C=O) groups excluding carboxylic acids is 2. The van der Waals surface area contributed by atoms with Gasteiger partial charge in [0, 0.05) is 17.0 Å². The number of aliphatic hydroxyl groups is 1. The average molecular weight is 597 g/mol. The highest BCUT2D eigenvalue weighted by Gasteiger charge is 2.40. The summed E-state index contributed by atoms with van der Waals surface area (Å²) in [5.41, 5.74) is 0.105. The number of amides is 2. The Morgan fingerprint density at radius 2 is 1.76 bits per heavy atom. The van der Waals surface area contributed by atoms with Crippen LogP contribution in [-0.4, -0.2) is 76.4 Å². The lowest BCUT2D eigenvalue weighted by Crippen LogP contribution is -2.49. The van der Waals surface area contributed by atoms with E-state index in [9.17, 15) is 14.7 Å². The van der Waals surface area contributed by atoms with Crippen LogP contribution in [0.3, 0.4) is 0 Å². The lowest BCUT2D eigenvalue weighted by atomic mass is 10.0. The van der Waals surface area contributed by atoms with E-state index >= 15 is 0 Å². The molecule has 1 saturated carbocycles. The van der Waals surface area contributed by atoms with E-state index in [-0.39, 0.29) is 18.6 Å². The van der Waals surface area contributed by atoms with Crippen molar-refractivity contribution in [2.24, 2.45) is 0 Å². The predicted molar refractivity (Wildman–Crippen MR) is 136 cm³/mol. The molecule has 1 aromatic carbocycles. The molecule has 1 aromatic rings. The number of carbonyl (C=O) groups is 2. The maximum Gasteiger partial charge on any atom is 0.410 e. The number of aliphatic hydroxyl groups excluding tert-OH is 1. The van der Waals surface area contributed by atoms with Crippen LogP contribution in [0.25, 0.3) is 0 Å². The van der Waals surface area contributed by atoms with Crippen LogP contribution in [0.4, 0.5) is 4.79 Å². The number of halogens is 2. The Morgan fingerprint density at radius 3 is 2.18 bits per heavy atom. The molecule has 0 radical (unpaired) electrons. The average Bonchev–Trinajstić information content (AvgIpc) is 3.57. The molecule has 0 bridgehead atoms. The molecule has 1 unspecified atom stereocenters. The van der Waals surface area contributed by atoms with E-state index in [2.05, 4.69) is 22.6 Å². The third kappa shape index (κ3) is 7.51. The van der Waals surface area contributed by atoms with Gasteiger partial charge in [-0.25, -0.2) is 4.79 Å². The van der Waals surface area contributed by atoms with E-state index in [0.717, 1.165) is 18.4 Å². The van der Waals surface area contributed by atoms with Crippen molar-refractivity contribution >= 4 is 46.2 Å². The van der Waals surface area contributed by atoms with Crippen molar-refractivity contribution in [1.29, 1.82) is 0 Å². The second kappa shape index (κ2) is 11.8. The number of alkyl halides is 1. The third-order valence-electron chi connectivity index (χ3n) is 5.25. The summed E-state index contributed by atoms with van der Waals surface area (Å²) in [6, 6.07) is 3.20. The van der Waals surface area contributed by atoms with Gasteiger partial charge in [0.25, 0.3) is 5.91 Å². The minimum atomic E-state index is -1.38. The minimum absolute atomic E-state index is 0.0226. The summed E-state index contributed by atoms with van der Waals surface area (Å²) >= 11 is 8.44. The lowest BCUT2D eigenvalue weighted by molar-refractivity contribution is -0.144. The standard InChI is InChI=1S/C23H34ClIN2O6/c1-14(15-11-18(31-5)20(24)19(12-15)32-6)27(16-7-8-16)21(29)17(28)13-26(10-9-25)22(30)33-23(2,3)4/h11-12,14,16-17,28H,7-10,13H2,1-6H3/t14?,17-/m1/s1. The molecule has 0 spiro atoms. The first-order valence-corrected chi connectivity index (χ1v) is 12.8. The molecule has 2 rings (SSSR count). The Morgan fingerprint density at radius 1 is 1.21 bits per heavy atom. The van der Waals surface area contributed by atoms with Crippen molar-refractivity contribution in [2.45, 2.75) is 64.3 Å². The zero-order chi connectivity index (χ0) is 24.9. The maximum atomic E-state index is 13.4. The van der Waals surface area contributed by atoms with Gasteiger partial charge in [-0.05, 0) is 58.2 Å². The van der Waals surface area contributed by atoms with Gasteiger partial charge in [0.15, 0.2) is 6.10 Å². The third-order valence-corrected chi connectivity index (χ3v) is 6.10. The van der Waals surface area contributed by atoms with Crippen LogP contribution in [-0.2, 0) is 9.53 Å². The summed E-state index contributed by atoms with van der Waals surface area (Å²) < 4.78 is 16.8. The Balaban J connectivity index is 2.24. The van der Waals surface area contributed by atoms with Crippen molar-refractivity contribution < 1.29 is 28.9 Å². The van der Waals surface area contributed by atoms with Crippen molar-refractivity contribution in [3.8, 4) is 11.5 Å². The molecule has 186 valence electrons. The molecule has 0 aliphatic heterocycles. The van der Waals surface area contributed by atoms with E-state index in [1.54, 1.807) is 37.8 Å². The van der Waals surface area contributed by atoms with Crippen LogP contribution >= 0.6 is 34.2 Å². The van der Waals surface area contributed by atoms with Crippen molar-refractivity contribution in [3.05, 3.63) is 22.7 Å². The Hall–Kier alpha value is -1.46. The molecule has 1 aliphatic carbocycles. The molecule has 2 atom stereocenters. The fraction of sp³-hybridized carbons (Fsp3) is 0.652. The van der Waals surface area contributed by atoms with Crippen LogP contribution in [0, 0.1) is 0 Å². The first kappa shape index (κ1) is 27.8. The maximum absolute atomic E-state index is 13.4. The fourth-order valence-electron chi connectivity index (χ4n) is 3.48. The summed E-state index contributed by atoms with van der Waals surface area (Å²) in [5.74, 6) is 0.458. The van der Waals surface area contributed by atoms with Gasteiger partial charge in [-0.3, -0.25) is 4.79 Å². The zero-order valence-electron chi connectivity index (χ0n) is 20.1. The molecule has 2 amide bonds. The Bertz CT molecular complexity index is 818. The largest absolute Gasteiger partial charge is 0.495 e. The molecule has 1 N–H and O–H groups in total. The van der Waals surface area contributed by atoms with Crippen LogP contribution < -0.4 is 9.47 Å². The van der Waals surface area contributed by atoms with Crippen molar-refractivity contribution in [3.63, 3.8) is 0 Å². The SMILES string of the molecule is COc1cc(C(C)N(C(=O)[C@H](O)CN(CCI)C(=O)OC(C)(C)C)C2CC2)cc(OC)c1Cl. The predicted octanol–water partition coefficient (Wildman–Crippen LogP) is 4.44. The number of nitrogens with zero attached hydrogens (tertiary/aromatic N) is 2. The first-order chi connectivity index (χ1) is 15.4. The van der Waals surface area contributed by atoms with Gasteiger partial charge >= 0.3 is 6.09 Å². The number of methoxy groups -OCH3 is 2. The second-order valence-electron chi connectivity index (χ2n) is 9.02. The zero-order valence-corrected chi connectivity index (χ0v) is 23.0. The number of hydrogen-bond acceptors (Lipinski definition) is 6. The van der Waals surface area contributed by atoms with Gasteiger partial charge < -0.3 is 29.1 Å². The summed E-state index contributed by atoms with van der Waals surface area (Å²) in [5, 5.41) is 11.2. The normalized spacial score (nSPS) is 15.4. The van der Waals surface area contributed by atoms with Crippen molar-refractivity contribution in [2.75, 3.05) is 31.7 Å². The Kier molecular flexibility index (Phi) is 9.93. The molecule has 33 heavy (non-hydrogen) atoms. The van der Waals surface area contributed by atoms with Gasteiger partial charge in [0.2, 0.25) is 0 Å². The van der Waals surface area contributed by atoms with E-state index in [0.29, 0.717) is 27.5 Å². The summed E-state index contributed by atoms with van der Waals surface area (Å²) in [4.78, 5) is 29.0. The Labute approximate surface area is 214 Å². The summed E-state index contributed by atoms with van der Waals surface area (Å²) in [6.45, 7) is 7.45. The van der Waals surface area contributed by atoms with E-state index in [1.807, 2.05) is 6.92 Å². The number of rotatable bonds is 10. The molecular weight excluding hydrogens is 563 g/mol. The van der Waals surface area contributed by atoms with E-state index < -0.39 is 23.7 Å². The van der Waals surface area contributed by atoms with Crippen LogP contribution in [0.5, 0.6) is 11.5 Å². The van der Waals surface area contributed by atoms with Crippen LogP contribution in [0.2, 0.25) is 5.02 Å². The fourth-order valence-corrected chi connectivity index (χ4v) is 4.32. The smallest absolute Gasteiger partial charge is 0.410 e. The van der Waals surface area contributed by atoms with Crippen LogP contribution in [0.1, 0.15) is 52.1 Å². The van der Waals surface area contributed by atoms with Crippen LogP contribution in [0.15, 0.2) is 12.1 Å². The summed E-state index contributed by atoms with van der Waals surface area (Å²) in [7, 11) is 3.03. The topological polar surface area (TPSA) is 88.5 Å². The number of hydrogen-bond donors (Lipinski definition) is 1. The molecule has 1 fully saturated rings. The van der Waals surface area contributed by atoms with Gasteiger partial charge in [-0.15, -0.1) is 0 Å². The highest BCUT2D eigenvalue weighted by Crippen LogP contribution is 2.41. The molecule has 0 heterocycles. The highest BCUT2D eigenvalue weighted by molar-refractivity contribution is 14.1. The molecule has 8 nitrogen and oxygen atoms in total. The monoisotopic (exact) mass is 596 g/mol. The molecule has 10 heteroatoms. The van der Waals surface area contributed by atoms with Gasteiger partial charge in [0.05, 0.1) is 26.8 Å². The number of ether oxygens (including phenoxy) is 3. The number of benzene rings is 1. The quantitative estimate of drug-likeness (QED) is 0.317. The molecule has 0 aromatic heterocycles. The minimum Gasteiger partial charge on any atom is -0.495 e. The second-order valence-corrected chi connectivity index (χ2v) is 10.5. The van der Waals surface area contributed by atoms with Crippen molar-refractivity contribution in [1.82, 2.24) is 9.80 Å². The summed E-state index contributed by atoms with van der Waals surface area (Å²) in [6.07, 6.45) is -0.216. The molecule has 0 saturated heterocycles. The molecular formula is C23H34ClIN2O6.